The van der Waals surface area contributed by atoms with Crippen molar-refractivity contribution < 1.29 is 9.53 Å². The van der Waals surface area contributed by atoms with E-state index in [0.717, 1.165) is 22.6 Å². The summed E-state index contributed by atoms with van der Waals surface area (Å²) in [6.07, 6.45) is -0.257. The van der Waals surface area contributed by atoms with E-state index in [0.29, 0.717) is 11.0 Å². The summed E-state index contributed by atoms with van der Waals surface area (Å²) < 4.78 is 7.91. The lowest BCUT2D eigenvalue weighted by Crippen LogP contribution is -2.15. The number of aromatic nitrogens is 3. The van der Waals surface area contributed by atoms with Crippen molar-refractivity contribution in [2.24, 2.45) is 7.05 Å². The molecule has 0 radical (unpaired) electrons. The lowest BCUT2D eigenvalue weighted by atomic mass is 10.1. The molecule has 1 amide bonds. The Kier molecular flexibility index (Phi) is 6.59. The van der Waals surface area contributed by atoms with Crippen LogP contribution >= 0.6 is 11.8 Å². The molecule has 0 saturated heterocycles. The third kappa shape index (κ3) is 5.17. The van der Waals surface area contributed by atoms with Crippen molar-refractivity contribution in [2.75, 3.05) is 11.1 Å². The smallest absolute Gasteiger partial charge is 0.234 e. The first-order valence-electron chi connectivity index (χ1n) is 9.46. The lowest BCUT2D eigenvalue weighted by Gasteiger charge is -2.15. The number of carbonyl (C=O) groups excluding carboxylic acids is 1. The highest BCUT2D eigenvalue weighted by Crippen LogP contribution is 2.26. The van der Waals surface area contributed by atoms with Crippen molar-refractivity contribution in [1.82, 2.24) is 14.8 Å². The van der Waals surface area contributed by atoms with E-state index in [1.54, 1.807) is 0 Å². The van der Waals surface area contributed by atoms with Crippen LogP contribution in [-0.2, 0) is 11.8 Å². The molecule has 152 valence electrons. The number of hydrogen-bond acceptors (Lipinski definition) is 5. The van der Waals surface area contributed by atoms with Gasteiger partial charge in [-0.25, -0.2) is 0 Å². The second-order valence-electron chi connectivity index (χ2n) is 7.08. The number of hydrogen-bond donors (Lipinski definition) is 1. The molecule has 1 N–H and O–H groups in total. The summed E-state index contributed by atoms with van der Waals surface area (Å²) in [7, 11) is 1.89. The zero-order valence-corrected chi connectivity index (χ0v) is 18.2. The Morgan fingerprint density at radius 1 is 1.14 bits per heavy atom. The minimum absolute atomic E-state index is 0.0734. The van der Waals surface area contributed by atoms with Crippen molar-refractivity contribution in [2.45, 2.75) is 39.0 Å². The van der Waals surface area contributed by atoms with Crippen molar-refractivity contribution in [3.8, 4) is 5.75 Å². The highest BCUT2D eigenvalue weighted by atomic mass is 32.2. The van der Waals surface area contributed by atoms with Gasteiger partial charge in [0.2, 0.25) is 5.91 Å². The average molecular weight is 411 g/mol. The van der Waals surface area contributed by atoms with Gasteiger partial charge in [0.1, 0.15) is 5.75 Å². The maximum atomic E-state index is 12.3. The standard InChI is InChI=1S/C22H26N4O2S/c1-14-10-11-18(16(3)12-14)23-20(27)13-29-22-25-24-21(26(22)5)17(4)28-19-9-7-6-8-15(19)2/h6-12,17H,13H2,1-5H3,(H,23,27). The number of para-hydroxylation sites is 1. The fourth-order valence-electron chi connectivity index (χ4n) is 3.01. The summed E-state index contributed by atoms with van der Waals surface area (Å²) in [6, 6.07) is 13.8. The largest absolute Gasteiger partial charge is 0.482 e. The Labute approximate surface area is 175 Å². The monoisotopic (exact) mass is 410 g/mol. The summed E-state index contributed by atoms with van der Waals surface area (Å²) in [5.74, 6) is 1.72. The summed E-state index contributed by atoms with van der Waals surface area (Å²) >= 11 is 1.35. The lowest BCUT2D eigenvalue weighted by molar-refractivity contribution is -0.113. The Balaban J connectivity index is 1.60. The van der Waals surface area contributed by atoms with Gasteiger partial charge >= 0.3 is 0 Å². The number of aryl methyl sites for hydroxylation is 3. The molecule has 0 fully saturated rings. The summed E-state index contributed by atoms with van der Waals surface area (Å²) in [5.41, 5.74) is 4.12. The van der Waals surface area contributed by atoms with E-state index in [-0.39, 0.29) is 17.8 Å². The quantitative estimate of drug-likeness (QED) is 0.576. The van der Waals surface area contributed by atoms with E-state index in [1.165, 1.54) is 17.3 Å². The number of nitrogens with zero attached hydrogens (tertiary/aromatic N) is 3. The van der Waals surface area contributed by atoms with Gasteiger partial charge in [-0.1, -0.05) is 47.7 Å². The normalized spacial score (nSPS) is 11.9. The Morgan fingerprint density at radius 2 is 1.90 bits per heavy atom. The van der Waals surface area contributed by atoms with E-state index in [2.05, 4.69) is 15.5 Å². The average Bonchev–Trinajstić information content (AvgIpc) is 3.05. The van der Waals surface area contributed by atoms with Crippen molar-refractivity contribution in [1.29, 1.82) is 0 Å². The summed E-state index contributed by atoms with van der Waals surface area (Å²) in [4.78, 5) is 12.3. The van der Waals surface area contributed by atoms with Crippen LogP contribution in [-0.4, -0.2) is 26.4 Å². The van der Waals surface area contributed by atoms with Crippen LogP contribution in [0.1, 0.15) is 35.5 Å². The number of amides is 1. The molecule has 0 saturated carbocycles. The van der Waals surface area contributed by atoms with Gasteiger partial charge in [0.15, 0.2) is 17.1 Å². The Morgan fingerprint density at radius 3 is 2.62 bits per heavy atom. The van der Waals surface area contributed by atoms with Gasteiger partial charge in [0.25, 0.3) is 0 Å². The van der Waals surface area contributed by atoms with Crippen LogP contribution in [0.2, 0.25) is 0 Å². The molecule has 0 bridgehead atoms. The van der Waals surface area contributed by atoms with Crippen LogP contribution in [0.5, 0.6) is 5.75 Å². The number of benzene rings is 2. The molecular formula is C22H26N4O2S. The van der Waals surface area contributed by atoms with Gasteiger partial charge in [-0.2, -0.15) is 0 Å². The minimum atomic E-state index is -0.257. The van der Waals surface area contributed by atoms with Crippen molar-refractivity contribution in [3.63, 3.8) is 0 Å². The Hall–Kier alpha value is -2.80. The molecule has 0 aliphatic rings. The van der Waals surface area contributed by atoms with Crippen LogP contribution in [0.15, 0.2) is 47.6 Å². The molecule has 0 aliphatic carbocycles. The topological polar surface area (TPSA) is 69.0 Å². The molecule has 0 aliphatic heterocycles. The molecule has 1 atom stereocenters. The summed E-state index contributed by atoms with van der Waals surface area (Å²) in [5, 5.41) is 12.1. The molecule has 7 heteroatoms. The fourth-order valence-corrected chi connectivity index (χ4v) is 3.73. The second kappa shape index (κ2) is 9.13. The maximum absolute atomic E-state index is 12.3. The van der Waals surface area contributed by atoms with Crippen LogP contribution in [0, 0.1) is 20.8 Å². The van der Waals surface area contributed by atoms with E-state index < -0.39 is 0 Å². The highest BCUT2D eigenvalue weighted by molar-refractivity contribution is 7.99. The zero-order valence-electron chi connectivity index (χ0n) is 17.4. The van der Waals surface area contributed by atoms with Gasteiger partial charge in [0, 0.05) is 12.7 Å². The van der Waals surface area contributed by atoms with Gasteiger partial charge < -0.3 is 14.6 Å². The van der Waals surface area contributed by atoms with Crippen molar-refractivity contribution >= 4 is 23.4 Å². The van der Waals surface area contributed by atoms with Gasteiger partial charge in [-0.05, 0) is 51.0 Å². The Bertz CT molecular complexity index is 1020. The van der Waals surface area contributed by atoms with Gasteiger partial charge in [0.05, 0.1) is 5.75 Å². The molecule has 1 aromatic heterocycles. The molecule has 3 aromatic rings. The predicted octanol–water partition coefficient (Wildman–Crippen LogP) is 4.61. The van der Waals surface area contributed by atoms with E-state index in [9.17, 15) is 4.79 Å². The third-order valence-electron chi connectivity index (χ3n) is 4.62. The number of thioether (sulfide) groups is 1. The SMILES string of the molecule is Cc1ccc(NC(=O)CSc2nnc(C(C)Oc3ccccc3C)n2C)c(C)c1. The maximum Gasteiger partial charge on any atom is 0.234 e. The molecule has 29 heavy (non-hydrogen) atoms. The molecule has 0 spiro atoms. The van der Waals surface area contributed by atoms with Gasteiger partial charge in [-0.15, -0.1) is 10.2 Å². The first-order valence-corrected chi connectivity index (χ1v) is 10.4. The molecule has 1 heterocycles. The van der Waals surface area contributed by atoms with E-state index in [4.69, 9.17) is 4.74 Å². The van der Waals surface area contributed by atoms with Gasteiger partial charge in [-0.3, -0.25) is 4.79 Å². The van der Waals surface area contributed by atoms with Crippen LogP contribution in [0.3, 0.4) is 0 Å². The number of carbonyl (C=O) groups is 1. The molecule has 6 nitrogen and oxygen atoms in total. The first-order chi connectivity index (χ1) is 13.8. The van der Waals surface area contributed by atoms with Crippen molar-refractivity contribution in [3.05, 3.63) is 65.0 Å². The summed E-state index contributed by atoms with van der Waals surface area (Å²) in [6.45, 7) is 7.97. The number of anilines is 1. The van der Waals surface area contributed by atoms with Crippen LogP contribution in [0.4, 0.5) is 5.69 Å². The van der Waals surface area contributed by atoms with Crippen LogP contribution in [0.25, 0.3) is 0 Å². The predicted molar refractivity (Wildman–Crippen MR) is 116 cm³/mol. The van der Waals surface area contributed by atoms with Crippen LogP contribution < -0.4 is 10.1 Å². The number of rotatable bonds is 7. The molecule has 1 unspecified atom stereocenters. The second-order valence-corrected chi connectivity index (χ2v) is 8.02. The first kappa shape index (κ1) is 20.9. The zero-order chi connectivity index (χ0) is 21.0. The third-order valence-corrected chi connectivity index (χ3v) is 5.64. The minimum Gasteiger partial charge on any atom is -0.482 e. The fraction of sp³-hybridized carbons (Fsp3) is 0.318. The van der Waals surface area contributed by atoms with E-state index in [1.807, 2.05) is 81.8 Å². The number of ether oxygens (including phenoxy) is 1. The highest BCUT2D eigenvalue weighted by Gasteiger charge is 2.18. The molecule has 3 rings (SSSR count). The van der Waals surface area contributed by atoms with E-state index >= 15 is 0 Å². The molecule has 2 aromatic carbocycles. The molecular weight excluding hydrogens is 384 g/mol. The number of nitrogens with one attached hydrogen (secondary N) is 1.